The lowest BCUT2D eigenvalue weighted by molar-refractivity contribution is -0.180. The third-order valence-corrected chi connectivity index (χ3v) is 7.56. The number of aliphatic carboxylic acids is 1. The first kappa shape index (κ1) is 28.4. The summed E-state index contributed by atoms with van der Waals surface area (Å²) in [6.07, 6.45) is 12.2. The number of carbonyl (C=O) groups excluding carboxylic acids is 1. The van der Waals surface area contributed by atoms with Crippen molar-refractivity contribution in [3.63, 3.8) is 0 Å². The van der Waals surface area contributed by atoms with Crippen LogP contribution in [-0.2, 0) is 25.7 Å². The van der Waals surface area contributed by atoms with E-state index in [1.165, 1.54) is 12.5 Å². The second-order valence-electron chi connectivity index (χ2n) is 10.8. The monoisotopic (exact) mass is 500 g/mol. The summed E-state index contributed by atoms with van der Waals surface area (Å²) in [5.74, 6) is -0.334. The molecule has 1 unspecified atom stereocenters. The van der Waals surface area contributed by atoms with Crippen molar-refractivity contribution >= 4 is 18.0 Å². The highest BCUT2D eigenvalue weighted by Gasteiger charge is 2.51. The van der Waals surface area contributed by atoms with Crippen LogP contribution in [0.15, 0.2) is 30.3 Å². The number of amides is 1. The van der Waals surface area contributed by atoms with Gasteiger partial charge in [0.2, 0.25) is 0 Å². The number of hydrogen-bond donors (Lipinski definition) is 3. The van der Waals surface area contributed by atoms with E-state index in [0.29, 0.717) is 19.1 Å². The van der Waals surface area contributed by atoms with Gasteiger partial charge in [0.25, 0.3) is 5.91 Å². The van der Waals surface area contributed by atoms with Gasteiger partial charge in [-0.2, -0.15) is 0 Å². The van der Waals surface area contributed by atoms with Gasteiger partial charge in [0, 0.05) is 12.6 Å². The number of hydrogen-bond acceptors (Lipinski definition) is 5. The molecule has 2 aliphatic carbocycles. The summed E-state index contributed by atoms with van der Waals surface area (Å²) in [6.45, 7) is 6.87. The summed E-state index contributed by atoms with van der Waals surface area (Å²) in [4.78, 5) is 30.2. The van der Waals surface area contributed by atoms with Gasteiger partial charge in [0.05, 0.1) is 6.61 Å². The average Bonchev–Trinajstić information content (AvgIpc) is 3.41. The molecule has 2 fully saturated rings. The van der Waals surface area contributed by atoms with Crippen molar-refractivity contribution in [1.29, 1.82) is 0 Å². The minimum Gasteiger partial charge on any atom is -0.480 e. The molecule has 3 rings (SSSR count). The minimum atomic E-state index is -0.867. The SMILES string of the molecule is CC(C)COC(C)ONC(=O)/C=C/c1cccc(CN[C@](C(=O)O)(C2CCCCC2)C2CCCC2)c1. The number of carbonyl (C=O) groups is 2. The Kier molecular flexibility index (Phi) is 11.0. The lowest BCUT2D eigenvalue weighted by Gasteiger charge is -2.44. The summed E-state index contributed by atoms with van der Waals surface area (Å²) in [5.41, 5.74) is 3.39. The maximum atomic E-state index is 12.8. The topological polar surface area (TPSA) is 96.9 Å². The number of nitrogens with one attached hydrogen (secondary N) is 2. The van der Waals surface area contributed by atoms with Crippen LogP contribution in [0.25, 0.3) is 6.08 Å². The molecule has 2 aliphatic rings. The van der Waals surface area contributed by atoms with E-state index >= 15 is 0 Å². The van der Waals surface area contributed by atoms with E-state index in [9.17, 15) is 14.7 Å². The molecule has 2 saturated carbocycles. The molecule has 0 saturated heterocycles. The Hall–Kier alpha value is -2.22. The Bertz CT molecular complexity index is 874. The van der Waals surface area contributed by atoms with Crippen molar-refractivity contribution in [3.8, 4) is 0 Å². The van der Waals surface area contributed by atoms with Gasteiger partial charge in [0.15, 0.2) is 6.29 Å². The maximum Gasteiger partial charge on any atom is 0.324 e. The molecule has 0 aromatic heterocycles. The largest absolute Gasteiger partial charge is 0.480 e. The van der Waals surface area contributed by atoms with Crippen LogP contribution in [-0.4, -0.2) is 35.4 Å². The summed E-state index contributed by atoms with van der Waals surface area (Å²) in [7, 11) is 0. The maximum absolute atomic E-state index is 12.8. The second-order valence-corrected chi connectivity index (χ2v) is 10.8. The van der Waals surface area contributed by atoms with Gasteiger partial charge < -0.3 is 9.84 Å². The highest BCUT2D eigenvalue weighted by molar-refractivity contribution is 5.91. The molecule has 0 aliphatic heterocycles. The first-order chi connectivity index (χ1) is 17.3. The average molecular weight is 501 g/mol. The van der Waals surface area contributed by atoms with E-state index in [0.717, 1.165) is 62.5 Å². The Morgan fingerprint density at radius 1 is 1.06 bits per heavy atom. The van der Waals surface area contributed by atoms with Gasteiger partial charge >= 0.3 is 5.97 Å². The van der Waals surface area contributed by atoms with Crippen LogP contribution in [0.4, 0.5) is 0 Å². The smallest absolute Gasteiger partial charge is 0.324 e. The molecule has 36 heavy (non-hydrogen) atoms. The third-order valence-electron chi connectivity index (χ3n) is 7.56. The van der Waals surface area contributed by atoms with Crippen molar-refractivity contribution in [2.75, 3.05) is 6.61 Å². The van der Waals surface area contributed by atoms with Gasteiger partial charge in [0.1, 0.15) is 5.54 Å². The molecule has 200 valence electrons. The van der Waals surface area contributed by atoms with E-state index < -0.39 is 17.8 Å². The Morgan fingerprint density at radius 3 is 2.31 bits per heavy atom. The molecule has 7 nitrogen and oxygen atoms in total. The van der Waals surface area contributed by atoms with Gasteiger partial charge in [-0.1, -0.05) is 70.2 Å². The standard InChI is InChI=1S/C29H44N2O5/c1-21(2)20-35-22(3)36-31-27(32)17-16-23-10-9-11-24(18-23)19-30-29(28(33)34,26-14-7-8-15-26)25-12-5-4-6-13-25/h9-11,16-18,21-22,25-26,30H,4-8,12-15,19-20H2,1-3H3,(H,31,32)(H,33,34)/b17-16+/t22?,29-/m1/s1. The number of carboxylic acids is 1. The van der Waals surface area contributed by atoms with Gasteiger partial charge in [-0.3, -0.25) is 14.9 Å². The molecule has 0 spiro atoms. The van der Waals surface area contributed by atoms with Gasteiger partial charge in [-0.05, 0) is 67.6 Å². The molecule has 0 heterocycles. The van der Waals surface area contributed by atoms with Crippen LogP contribution in [0.2, 0.25) is 0 Å². The molecule has 1 amide bonds. The number of hydroxylamine groups is 1. The normalized spacial score (nSPS) is 20.0. The molecule has 2 atom stereocenters. The molecule has 7 heteroatoms. The van der Waals surface area contributed by atoms with Crippen molar-refractivity contribution in [2.45, 2.75) is 96.9 Å². The van der Waals surface area contributed by atoms with E-state index in [1.54, 1.807) is 13.0 Å². The van der Waals surface area contributed by atoms with Gasteiger partial charge in [-0.25, -0.2) is 10.3 Å². The fourth-order valence-electron chi connectivity index (χ4n) is 5.75. The molecule has 1 aromatic rings. The zero-order valence-electron chi connectivity index (χ0n) is 22.1. The lowest BCUT2D eigenvalue weighted by Crippen LogP contribution is -2.62. The first-order valence-corrected chi connectivity index (χ1v) is 13.6. The molecule has 1 aromatic carbocycles. The summed E-state index contributed by atoms with van der Waals surface area (Å²) in [6, 6.07) is 7.86. The number of carboxylic acid groups (broad SMARTS) is 1. The van der Waals surface area contributed by atoms with Crippen molar-refractivity contribution in [1.82, 2.24) is 10.8 Å². The Labute approximate surface area is 216 Å². The minimum absolute atomic E-state index is 0.172. The molecule has 0 bridgehead atoms. The zero-order valence-corrected chi connectivity index (χ0v) is 22.1. The molecule has 3 N–H and O–H groups in total. The van der Waals surface area contributed by atoms with Gasteiger partial charge in [-0.15, -0.1) is 0 Å². The summed E-state index contributed by atoms with van der Waals surface area (Å²) < 4.78 is 5.47. The third kappa shape index (κ3) is 7.89. The Morgan fingerprint density at radius 2 is 1.69 bits per heavy atom. The quantitative estimate of drug-likeness (QED) is 0.189. The number of rotatable bonds is 13. The zero-order chi connectivity index (χ0) is 26.0. The fourth-order valence-corrected chi connectivity index (χ4v) is 5.75. The Balaban J connectivity index is 1.62. The van der Waals surface area contributed by atoms with Crippen LogP contribution >= 0.6 is 0 Å². The van der Waals surface area contributed by atoms with E-state index in [4.69, 9.17) is 9.57 Å². The van der Waals surface area contributed by atoms with Crippen molar-refractivity contribution in [3.05, 3.63) is 41.5 Å². The van der Waals surface area contributed by atoms with Crippen LogP contribution in [0.1, 0.15) is 89.7 Å². The predicted octanol–water partition coefficient (Wildman–Crippen LogP) is 5.45. The molecule has 0 radical (unpaired) electrons. The highest BCUT2D eigenvalue weighted by Crippen LogP contribution is 2.44. The highest BCUT2D eigenvalue weighted by atomic mass is 16.8. The number of benzene rings is 1. The van der Waals surface area contributed by atoms with Crippen molar-refractivity contribution < 1.29 is 24.3 Å². The van der Waals surface area contributed by atoms with Crippen LogP contribution in [0.3, 0.4) is 0 Å². The van der Waals surface area contributed by atoms with Crippen LogP contribution in [0.5, 0.6) is 0 Å². The van der Waals surface area contributed by atoms with Crippen LogP contribution in [0, 0.1) is 17.8 Å². The van der Waals surface area contributed by atoms with Crippen molar-refractivity contribution in [2.24, 2.45) is 17.8 Å². The first-order valence-electron chi connectivity index (χ1n) is 13.6. The predicted molar refractivity (Wildman–Crippen MR) is 141 cm³/mol. The summed E-state index contributed by atoms with van der Waals surface area (Å²) in [5, 5.41) is 14.1. The van der Waals surface area contributed by atoms with Crippen LogP contribution < -0.4 is 10.8 Å². The van der Waals surface area contributed by atoms with E-state index in [2.05, 4.69) is 10.8 Å². The fraction of sp³-hybridized carbons (Fsp3) is 0.655. The summed E-state index contributed by atoms with van der Waals surface area (Å²) >= 11 is 0. The van der Waals surface area contributed by atoms with E-state index in [-0.39, 0.29) is 17.7 Å². The second kappa shape index (κ2) is 13.9. The number of ether oxygens (including phenoxy) is 1. The molecular formula is C29H44N2O5. The lowest BCUT2D eigenvalue weighted by atomic mass is 9.67. The molecular weight excluding hydrogens is 456 g/mol. The van der Waals surface area contributed by atoms with E-state index in [1.807, 2.05) is 38.1 Å².